The van der Waals surface area contributed by atoms with E-state index >= 15 is 0 Å². The van der Waals surface area contributed by atoms with Crippen molar-refractivity contribution in [3.63, 3.8) is 0 Å². The molecule has 0 aliphatic carbocycles. The van der Waals surface area contributed by atoms with Gasteiger partial charge in [-0.2, -0.15) is 5.10 Å². The first-order chi connectivity index (χ1) is 12.7. The number of carbonyl (C=O) groups is 1. The van der Waals surface area contributed by atoms with E-state index in [0.717, 1.165) is 27.3 Å². The van der Waals surface area contributed by atoms with Gasteiger partial charge < -0.3 is 5.32 Å². The van der Waals surface area contributed by atoms with E-state index in [1.165, 1.54) is 6.92 Å². The summed E-state index contributed by atoms with van der Waals surface area (Å²) in [6.45, 7) is 4.21. The smallest absolute Gasteiger partial charge is 0.221 e. The average molecular weight is 364 g/mol. The molecule has 1 aromatic heterocycles. The topological polar surface area (TPSA) is 58.8 Å². The third kappa shape index (κ3) is 4.34. The summed E-state index contributed by atoms with van der Waals surface area (Å²) in [5.74, 6) is -0.0847. The standard InChI is InChI=1S/C20H20N4OS/c1-3-21-20-24(19(14-26-20)17-7-5-4-6-8-17)22-13-16-9-11-18(12-10-16)23-15(2)25/h4-14H,3H2,1-2H3,(H,23,25)/b21-20?,22-13+. The van der Waals surface area contributed by atoms with Crippen molar-refractivity contribution in [3.05, 3.63) is 70.3 Å². The summed E-state index contributed by atoms with van der Waals surface area (Å²) in [6, 6.07) is 17.7. The SMILES string of the molecule is CCN=c1scc(-c2ccccc2)n1/N=C/c1ccc(NC(C)=O)cc1. The Hall–Kier alpha value is -2.99. The number of nitrogens with zero attached hydrogens (tertiary/aromatic N) is 3. The summed E-state index contributed by atoms with van der Waals surface area (Å²) in [7, 11) is 0. The van der Waals surface area contributed by atoms with Gasteiger partial charge in [0.15, 0.2) is 0 Å². The van der Waals surface area contributed by atoms with Crippen LogP contribution in [-0.4, -0.2) is 23.3 Å². The van der Waals surface area contributed by atoms with Gasteiger partial charge in [0, 0.05) is 30.1 Å². The molecule has 0 saturated heterocycles. The number of hydrogen-bond donors (Lipinski definition) is 1. The zero-order valence-electron chi connectivity index (χ0n) is 14.7. The maximum atomic E-state index is 11.1. The molecule has 3 rings (SSSR count). The maximum Gasteiger partial charge on any atom is 0.221 e. The van der Waals surface area contributed by atoms with Gasteiger partial charge in [0.1, 0.15) is 0 Å². The Labute approximate surface area is 156 Å². The van der Waals surface area contributed by atoms with Crippen LogP contribution in [0.15, 0.2) is 70.1 Å². The molecular weight excluding hydrogens is 344 g/mol. The van der Waals surface area contributed by atoms with Crippen molar-refractivity contribution in [2.24, 2.45) is 10.1 Å². The van der Waals surface area contributed by atoms with Crippen molar-refractivity contribution in [2.45, 2.75) is 13.8 Å². The monoisotopic (exact) mass is 364 g/mol. The number of thiazole rings is 1. The summed E-state index contributed by atoms with van der Waals surface area (Å²) < 4.78 is 1.87. The van der Waals surface area contributed by atoms with Gasteiger partial charge >= 0.3 is 0 Å². The molecule has 0 aliphatic heterocycles. The Morgan fingerprint density at radius 2 is 1.88 bits per heavy atom. The summed E-state index contributed by atoms with van der Waals surface area (Å²) in [4.78, 5) is 16.5. The van der Waals surface area contributed by atoms with E-state index in [4.69, 9.17) is 0 Å². The lowest BCUT2D eigenvalue weighted by Gasteiger charge is -2.04. The lowest BCUT2D eigenvalue weighted by Crippen LogP contribution is -2.12. The second-order valence-corrected chi connectivity index (χ2v) is 6.44. The molecule has 0 aliphatic rings. The van der Waals surface area contributed by atoms with E-state index in [2.05, 4.69) is 32.9 Å². The molecular formula is C20H20N4OS. The number of amides is 1. The maximum absolute atomic E-state index is 11.1. The van der Waals surface area contributed by atoms with Crippen molar-refractivity contribution >= 4 is 29.1 Å². The van der Waals surface area contributed by atoms with Crippen LogP contribution < -0.4 is 10.1 Å². The molecule has 1 N–H and O–H groups in total. The van der Waals surface area contributed by atoms with E-state index in [9.17, 15) is 4.79 Å². The molecule has 0 unspecified atom stereocenters. The van der Waals surface area contributed by atoms with Crippen molar-refractivity contribution in [2.75, 3.05) is 11.9 Å². The third-order valence-corrected chi connectivity index (χ3v) is 4.46. The van der Waals surface area contributed by atoms with Gasteiger partial charge in [-0.05, 0) is 24.6 Å². The number of aromatic nitrogens is 1. The fraction of sp³-hybridized carbons (Fsp3) is 0.150. The molecule has 26 heavy (non-hydrogen) atoms. The van der Waals surface area contributed by atoms with Crippen LogP contribution in [0.25, 0.3) is 11.3 Å². The second-order valence-electron chi connectivity index (χ2n) is 5.60. The summed E-state index contributed by atoms with van der Waals surface area (Å²) in [5.41, 5.74) is 3.82. The van der Waals surface area contributed by atoms with Crippen LogP contribution in [0, 0.1) is 0 Å². The van der Waals surface area contributed by atoms with Crippen LogP contribution >= 0.6 is 11.3 Å². The number of nitrogens with one attached hydrogen (secondary N) is 1. The van der Waals surface area contributed by atoms with E-state index in [1.54, 1.807) is 17.6 Å². The fourth-order valence-corrected chi connectivity index (χ4v) is 3.34. The largest absolute Gasteiger partial charge is 0.326 e. The third-order valence-electron chi connectivity index (χ3n) is 3.60. The molecule has 5 nitrogen and oxygen atoms in total. The highest BCUT2D eigenvalue weighted by Gasteiger charge is 2.06. The number of anilines is 1. The minimum Gasteiger partial charge on any atom is -0.326 e. The highest BCUT2D eigenvalue weighted by Crippen LogP contribution is 2.19. The number of hydrogen-bond acceptors (Lipinski definition) is 4. The lowest BCUT2D eigenvalue weighted by molar-refractivity contribution is -0.114. The quantitative estimate of drug-likeness (QED) is 0.684. The zero-order chi connectivity index (χ0) is 18.4. The van der Waals surface area contributed by atoms with Gasteiger partial charge in [0.2, 0.25) is 10.7 Å². The highest BCUT2D eigenvalue weighted by atomic mass is 32.1. The first-order valence-electron chi connectivity index (χ1n) is 8.36. The lowest BCUT2D eigenvalue weighted by atomic mass is 10.2. The summed E-state index contributed by atoms with van der Waals surface area (Å²) >= 11 is 1.58. The van der Waals surface area contributed by atoms with Crippen molar-refractivity contribution in [1.82, 2.24) is 4.68 Å². The number of carbonyl (C=O) groups excluding carboxylic acids is 1. The Morgan fingerprint density at radius 1 is 1.15 bits per heavy atom. The Balaban J connectivity index is 1.93. The molecule has 2 aromatic carbocycles. The molecule has 6 heteroatoms. The normalized spacial score (nSPS) is 11.8. The summed E-state index contributed by atoms with van der Waals surface area (Å²) in [5, 5.41) is 9.47. The first kappa shape index (κ1) is 17.8. The van der Waals surface area contributed by atoms with Gasteiger partial charge in [0.05, 0.1) is 11.9 Å². The van der Waals surface area contributed by atoms with Gasteiger partial charge in [-0.25, -0.2) is 4.68 Å². The van der Waals surface area contributed by atoms with E-state index < -0.39 is 0 Å². The van der Waals surface area contributed by atoms with Gasteiger partial charge in [-0.3, -0.25) is 9.79 Å². The Bertz CT molecular complexity index is 969. The molecule has 0 radical (unpaired) electrons. The van der Waals surface area contributed by atoms with Crippen molar-refractivity contribution < 1.29 is 4.79 Å². The van der Waals surface area contributed by atoms with E-state index in [1.807, 2.05) is 54.1 Å². The van der Waals surface area contributed by atoms with E-state index in [0.29, 0.717) is 6.54 Å². The van der Waals surface area contributed by atoms with Crippen LogP contribution in [0.2, 0.25) is 0 Å². The summed E-state index contributed by atoms with van der Waals surface area (Å²) in [6.07, 6.45) is 1.80. The predicted molar refractivity (Wildman–Crippen MR) is 108 cm³/mol. The van der Waals surface area contributed by atoms with Crippen molar-refractivity contribution in [1.29, 1.82) is 0 Å². The molecule has 0 atom stereocenters. The van der Waals surface area contributed by atoms with E-state index in [-0.39, 0.29) is 5.91 Å². The molecule has 3 aromatic rings. The minimum absolute atomic E-state index is 0.0847. The molecule has 0 spiro atoms. The number of benzene rings is 2. The molecule has 132 valence electrons. The van der Waals surface area contributed by atoms with Crippen LogP contribution in [0.3, 0.4) is 0 Å². The van der Waals surface area contributed by atoms with Gasteiger partial charge in [0.25, 0.3) is 0 Å². The van der Waals surface area contributed by atoms with Gasteiger partial charge in [-0.15, -0.1) is 11.3 Å². The zero-order valence-corrected chi connectivity index (χ0v) is 15.5. The highest BCUT2D eigenvalue weighted by molar-refractivity contribution is 7.07. The van der Waals surface area contributed by atoms with Gasteiger partial charge in [-0.1, -0.05) is 42.5 Å². The molecule has 0 bridgehead atoms. The van der Waals surface area contributed by atoms with Crippen LogP contribution in [0.1, 0.15) is 19.4 Å². The first-order valence-corrected chi connectivity index (χ1v) is 9.24. The van der Waals surface area contributed by atoms with Crippen LogP contribution in [0.4, 0.5) is 5.69 Å². The average Bonchev–Trinajstić information content (AvgIpc) is 3.04. The molecule has 1 amide bonds. The predicted octanol–water partition coefficient (Wildman–Crippen LogP) is 3.98. The second kappa shape index (κ2) is 8.40. The fourth-order valence-electron chi connectivity index (χ4n) is 2.44. The molecule has 0 saturated carbocycles. The Kier molecular flexibility index (Phi) is 5.76. The minimum atomic E-state index is -0.0847. The van der Waals surface area contributed by atoms with Crippen LogP contribution in [-0.2, 0) is 4.79 Å². The molecule has 0 fully saturated rings. The van der Waals surface area contributed by atoms with Crippen LogP contribution in [0.5, 0.6) is 0 Å². The van der Waals surface area contributed by atoms with Crippen molar-refractivity contribution in [3.8, 4) is 11.3 Å². The molecule has 1 heterocycles. The number of rotatable bonds is 5. The Morgan fingerprint density at radius 3 is 2.54 bits per heavy atom.